The van der Waals surface area contributed by atoms with Crippen LogP contribution in [0.5, 0.6) is 0 Å². The summed E-state index contributed by atoms with van der Waals surface area (Å²) in [5.74, 6) is 0.913. The van der Waals surface area contributed by atoms with E-state index in [1.165, 1.54) is 12.8 Å². The summed E-state index contributed by atoms with van der Waals surface area (Å²) in [6, 6.07) is 1.10. The lowest BCUT2D eigenvalue weighted by Crippen LogP contribution is -2.38. The van der Waals surface area contributed by atoms with Gasteiger partial charge in [-0.15, -0.1) is 0 Å². The number of nitrogens with one attached hydrogen (secondary N) is 1. The van der Waals surface area contributed by atoms with Crippen molar-refractivity contribution in [2.24, 2.45) is 5.92 Å². The van der Waals surface area contributed by atoms with Crippen LogP contribution in [0.4, 0.5) is 0 Å². The maximum Gasteiger partial charge on any atom is 0.0701 e. The van der Waals surface area contributed by atoms with Crippen LogP contribution in [-0.2, 0) is 9.47 Å². The van der Waals surface area contributed by atoms with Crippen LogP contribution in [0.15, 0.2) is 0 Å². The Labute approximate surface area is 87.2 Å². The van der Waals surface area contributed by atoms with Crippen molar-refractivity contribution in [2.75, 3.05) is 26.9 Å². The van der Waals surface area contributed by atoms with Crippen LogP contribution in [0, 0.1) is 5.92 Å². The Kier molecular flexibility index (Phi) is 5.45. The van der Waals surface area contributed by atoms with Crippen molar-refractivity contribution < 1.29 is 9.47 Å². The maximum absolute atomic E-state index is 5.45. The third-order valence-electron chi connectivity index (χ3n) is 2.68. The van der Waals surface area contributed by atoms with Gasteiger partial charge in [0.25, 0.3) is 0 Å². The molecule has 1 aliphatic rings. The number of ether oxygens (including phenoxy) is 2. The van der Waals surface area contributed by atoms with Crippen LogP contribution in [0.1, 0.15) is 26.7 Å². The minimum absolute atomic E-state index is 0.447. The summed E-state index contributed by atoms with van der Waals surface area (Å²) in [6.07, 6.45) is 2.79. The summed E-state index contributed by atoms with van der Waals surface area (Å²) in [5, 5.41) is 3.55. The molecule has 84 valence electrons. The molecule has 0 amide bonds. The molecule has 0 aromatic heterocycles. The first-order chi connectivity index (χ1) is 6.74. The lowest BCUT2D eigenvalue weighted by Gasteiger charge is -2.19. The van der Waals surface area contributed by atoms with Crippen molar-refractivity contribution in [3.63, 3.8) is 0 Å². The van der Waals surface area contributed by atoms with E-state index in [-0.39, 0.29) is 0 Å². The first kappa shape index (κ1) is 12.0. The van der Waals surface area contributed by atoms with Gasteiger partial charge in [-0.05, 0) is 32.6 Å². The van der Waals surface area contributed by atoms with Gasteiger partial charge >= 0.3 is 0 Å². The average molecular weight is 201 g/mol. The largest absolute Gasteiger partial charge is 0.382 e. The van der Waals surface area contributed by atoms with Crippen molar-refractivity contribution >= 4 is 0 Å². The SMILES string of the molecule is COCCOCC(C)NC(C)C1CC1. The van der Waals surface area contributed by atoms with Gasteiger partial charge in [-0.2, -0.15) is 0 Å². The number of methoxy groups -OCH3 is 1. The molecule has 0 aromatic rings. The van der Waals surface area contributed by atoms with Crippen LogP contribution in [0.3, 0.4) is 0 Å². The summed E-state index contributed by atoms with van der Waals surface area (Å²) >= 11 is 0. The molecule has 2 unspecified atom stereocenters. The highest BCUT2D eigenvalue weighted by Crippen LogP contribution is 2.32. The maximum atomic E-state index is 5.45. The first-order valence-corrected chi connectivity index (χ1v) is 5.56. The van der Waals surface area contributed by atoms with E-state index in [1.54, 1.807) is 7.11 Å². The Morgan fingerprint density at radius 3 is 2.57 bits per heavy atom. The van der Waals surface area contributed by atoms with Gasteiger partial charge in [0.05, 0.1) is 19.8 Å². The van der Waals surface area contributed by atoms with Crippen LogP contribution in [0.2, 0.25) is 0 Å². The Morgan fingerprint density at radius 2 is 2.00 bits per heavy atom. The number of rotatable bonds is 8. The average Bonchev–Trinajstić information content (AvgIpc) is 2.95. The molecule has 0 heterocycles. The molecule has 1 saturated carbocycles. The van der Waals surface area contributed by atoms with Gasteiger partial charge in [0, 0.05) is 19.2 Å². The second kappa shape index (κ2) is 6.38. The van der Waals surface area contributed by atoms with Crippen molar-refractivity contribution in [1.82, 2.24) is 5.32 Å². The molecule has 2 atom stereocenters. The van der Waals surface area contributed by atoms with Gasteiger partial charge in [-0.3, -0.25) is 0 Å². The monoisotopic (exact) mass is 201 g/mol. The Bertz CT molecular complexity index is 148. The van der Waals surface area contributed by atoms with E-state index in [0.29, 0.717) is 25.3 Å². The third kappa shape index (κ3) is 4.94. The van der Waals surface area contributed by atoms with E-state index in [0.717, 1.165) is 12.5 Å². The summed E-state index contributed by atoms with van der Waals surface area (Å²) in [6.45, 7) is 6.60. The van der Waals surface area contributed by atoms with E-state index in [4.69, 9.17) is 9.47 Å². The van der Waals surface area contributed by atoms with Crippen LogP contribution < -0.4 is 5.32 Å². The highest BCUT2D eigenvalue weighted by Gasteiger charge is 2.28. The quantitative estimate of drug-likeness (QED) is 0.603. The van der Waals surface area contributed by atoms with E-state index in [1.807, 2.05) is 0 Å². The molecule has 1 N–H and O–H groups in total. The summed E-state index contributed by atoms with van der Waals surface area (Å²) in [7, 11) is 1.69. The predicted octanol–water partition coefficient (Wildman–Crippen LogP) is 1.43. The highest BCUT2D eigenvalue weighted by atomic mass is 16.5. The minimum Gasteiger partial charge on any atom is -0.382 e. The third-order valence-corrected chi connectivity index (χ3v) is 2.68. The standard InChI is InChI=1S/C11H23NO2/c1-9(8-14-7-6-13-3)12-10(2)11-4-5-11/h9-12H,4-8H2,1-3H3. The van der Waals surface area contributed by atoms with Crippen LogP contribution in [0.25, 0.3) is 0 Å². The lowest BCUT2D eigenvalue weighted by molar-refractivity contribution is 0.0593. The smallest absolute Gasteiger partial charge is 0.0701 e. The predicted molar refractivity (Wildman–Crippen MR) is 57.5 cm³/mol. The fourth-order valence-electron chi connectivity index (χ4n) is 1.63. The zero-order valence-electron chi connectivity index (χ0n) is 9.58. The molecule has 3 nitrogen and oxygen atoms in total. The molecule has 1 rings (SSSR count). The molecule has 0 aromatic carbocycles. The fourth-order valence-corrected chi connectivity index (χ4v) is 1.63. The van der Waals surface area contributed by atoms with Crippen LogP contribution >= 0.6 is 0 Å². The van der Waals surface area contributed by atoms with Crippen molar-refractivity contribution in [2.45, 2.75) is 38.8 Å². The van der Waals surface area contributed by atoms with Gasteiger partial charge in [-0.1, -0.05) is 0 Å². The van der Waals surface area contributed by atoms with E-state index < -0.39 is 0 Å². The molecular formula is C11H23NO2. The van der Waals surface area contributed by atoms with E-state index in [9.17, 15) is 0 Å². The van der Waals surface area contributed by atoms with Gasteiger partial charge in [0.15, 0.2) is 0 Å². The van der Waals surface area contributed by atoms with E-state index in [2.05, 4.69) is 19.2 Å². The van der Waals surface area contributed by atoms with E-state index >= 15 is 0 Å². The molecule has 0 spiro atoms. The molecular weight excluding hydrogens is 178 g/mol. The normalized spacial score (nSPS) is 20.8. The molecule has 14 heavy (non-hydrogen) atoms. The summed E-state index contributed by atoms with van der Waals surface area (Å²) in [5.41, 5.74) is 0. The topological polar surface area (TPSA) is 30.5 Å². The second-order valence-corrected chi connectivity index (χ2v) is 4.26. The van der Waals surface area contributed by atoms with Gasteiger partial charge in [-0.25, -0.2) is 0 Å². The van der Waals surface area contributed by atoms with Gasteiger partial charge < -0.3 is 14.8 Å². The Hall–Kier alpha value is -0.120. The molecule has 3 heteroatoms. The van der Waals surface area contributed by atoms with Crippen LogP contribution in [-0.4, -0.2) is 39.0 Å². The van der Waals surface area contributed by atoms with Crippen molar-refractivity contribution in [3.05, 3.63) is 0 Å². The molecule has 1 aliphatic carbocycles. The zero-order valence-corrected chi connectivity index (χ0v) is 9.58. The number of hydrogen-bond acceptors (Lipinski definition) is 3. The lowest BCUT2D eigenvalue weighted by atomic mass is 10.2. The van der Waals surface area contributed by atoms with Crippen molar-refractivity contribution in [3.8, 4) is 0 Å². The summed E-state index contributed by atoms with van der Waals surface area (Å²) < 4.78 is 10.4. The Balaban J connectivity index is 1.94. The van der Waals surface area contributed by atoms with Gasteiger partial charge in [0.1, 0.15) is 0 Å². The molecule has 0 bridgehead atoms. The zero-order chi connectivity index (χ0) is 10.4. The Morgan fingerprint density at radius 1 is 1.29 bits per heavy atom. The minimum atomic E-state index is 0.447. The molecule has 0 aliphatic heterocycles. The van der Waals surface area contributed by atoms with Crippen molar-refractivity contribution in [1.29, 1.82) is 0 Å². The molecule has 0 radical (unpaired) electrons. The summed E-state index contributed by atoms with van der Waals surface area (Å²) in [4.78, 5) is 0. The fraction of sp³-hybridized carbons (Fsp3) is 1.00. The molecule has 0 saturated heterocycles. The van der Waals surface area contributed by atoms with Gasteiger partial charge in [0.2, 0.25) is 0 Å². The number of hydrogen-bond donors (Lipinski definition) is 1. The molecule has 1 fully saturated rings. The second-order valence-electron chi connectivity index (χ2n) is 4.26. The highest BCUT2D eigenvalue weighted by molar-refractivity contribution is 4.84. The first-order valence-electron chi connectivity index (χ1n) is 5.56.